The number of aryl methyl sites for hydroxylation is 1. The summed E-state index contributed by atoms with van der Waals surface area (Å²) in [5.41, 5.74) is 12.6. The Morgan fingerprint density at radius 1 is 0.750 bits per heavy atom. The molecule has 0 saturated carbocycles. The predicted octanol–water partition coefficient (Wildman–Crippen LogP) is 4.73. The van der Waals surface area contributed by atoms with Crippen LogP contribution in [0.5, 0.6) is 0 Å². The summed E-state index contributed by atoms with van der Waals surface area (Å²) in [6.45, 7) is 15.7. The molecule has 6 rings (SSSR count). The summed E-state index contributed by atoms with van der Waals surface area (Å²) in [7, 11) is 0. The monoisotopic (exact) mass is 716 g/mol. The first-order valence-corrected chi connectivity index (χ1v) is 16.3. The van der Waals surface area contributed by atoms with Gasteiger partial charge in [0.05, 0.1) is 0 Å². The van der Waals surface area contributed by atoms with Crippen LogP contribution >= 0.6 is 11.6 Å². The smallest absolute Gasteiger partial charge is 0.109 e. The molecule has 0 spiro atoms. The molecule has 0 aromatic heterocycles. The molecule has 0 saturated heterocycles. The van der Waals surface area contributed by atoms with E-state index in [1.54, 1.807) is 0 Å². The standard InChI is InChI=1S/C21H25.C14H11Cl.C5H5.2ClH.Zr/c1-20(2,3)16-7-9-18-14(12-16)11-15-13-17(21(4,5)6)8-10-19(15)18;1-11-2-4-12(5-3-11)10-13-6-8-14(15)9-7-13;1-2-4-5-3-1;;;/h7-10,12H,11H2,1-6H3;2-9H,1H3;1-3H,4H2;2*1H;/q-1;;-1;;;+2/p-2. The Morgan fingerprint density at radius 3 is 1.84 bits per heavy atom. The molecule has 0 fully saturated rings. The van der Waals surface area contributed by atoms with Gasteiger partial charge in [-0.3, -0.25) is 6.08 Å². The second-order valence-electron chi connectivity index (χ2n) is 13.1. The number of fused-ring (bicyclic) bond motifs is 3. The van der Waals surface area contributed by atoms with Crippen molar-refractivity contribution in [2.45, 2.75) is 72.1 Å². The molecule has 0 amide bonds. The van der Waals surface area contributed by atoms with Gasteiger partial charge in [0.2, 0.25) is 0 Å². The maximum atomic E-state index is 5.88. The zero-order valence-corrected chi connectivity index (χ0v) is 31.5. The number of allylic oxidation sites excluding steroid dienone is 4. The minimum Gasteiger partial charge on any atom is -1.00 e. The summed E-state index contributed by atoms with van der Waals surface area (Å²) in [6, 6.07) is 31.8. The van der Waals surface area contributed by atoms with Gasteiger partial charge in [0.25, 0.3) is 0 Å². The maximum Gasteiger partial charge on any atom is -0.109 e. The molecular formula is C40H41Cl3Zr-2. The molecule has 4 aromatic carbocycles. The van der Waals surface area contributed by atoms with Crippen LogP contribution < -0.4 is 24.8 Å². The van der Waals surface area contributed by atoms with Gasteiger partial charge in [-0.05, 0) is 28.4 Å². The average Bonchev–Trinajstić information content (AvgIpc) is 3.64. The summed E-state index contributed by atoms with van der Waals surface area (Å²) >= 11 is 7.30. The van der Waals surface area contributed by atoms with E-state index in [1.165, 1.54) is 77.5 Å². The summed E-state index contributed by atoms with van der Waals surface area (Å²) < 4.78 is 1.36. The van der Waals surface area contributed by atoms with Crippen molar-refractivity contribution in [3.8, 4) is 11.1 Å². The van der Waals surface area contributed by atoms with Crippen LogP contribution in [-0.2, 0) is 41.5 Å². The number of hydrogen-bond acceptors (Lipinski definition) is 0. The van der Waals surface area contributed by atoms with Crippen LogP contribution in [0.15, 0.2) is 97.1 Å². The Morgan fingerprint density at radius 2 is 1.34 bits per heavy atom. The van der Waals surface area contributed by atoms with E-state index < -0.39 is 0 Å². The quantitative estimate of drug-likeness (QED) is 0.232. The van der Waals surface area contributed by atoms with E-state index in [-0.39, 0.29) is 35.6 Å². The summed E-state index contributed by atoms with van der Waals surface area (Å²) in [6.07, 6.45) is 11.0. The van der Waals surface area contributed by atoms with Crippen LogP contribution in [0.3, 0.4) is 0 Å². The van der Waals surface area contributed by atoms with Crippen molar-refractivity contribution >= 4 is 14.8 Å². The van der Waals surface area contributed by atoms with Gasteiger partial charge in [0, 0.05) is 0 Å². The van der Waals surface area contributed by atoms with E-state index in [0.29, 0.717) is 0 Å². The molecule has 0 unspecified atom stereocenters. The number of hydrogen-bond donors (Lipinski definition) is 0. The van der Waals surface area contributed by atoms with E-state index in [0.717, 1.165) is 17.9 Å². The van der Waals surface area contributed by atoms with Gasteiger partial charge in [0.1, 0.15) is 0 Å². The van der Waals surface area contributed by atoms with Crippen LogP contribution in [0.2, 0.25) is 5.02 Å². The molecule has 0 nitrogen and oxygen atoms in total. The Bertz CT molecular complexity index is 1480. The fourth-order valence-electron chi connectivity index (χ4n) is 4.87. The van der Waals surface area contributed by atoms with Gasteiger partial charge in [-0.25, -0.2) is 12.2 Å². The molecule has 2 aliphatic carbocycles. The van der Waals surface area contributed by atoms with E-state index in [9.17, 15) is 0 Å². The molecule has 0 radical (unpaired) electrons. The Hall–Kier alpha value is -2.02. The van der Waals surface area contributed by atoms with Gasteiger partial charge in [0.15, 0.2) is 0 Å². The SMILES string of the molecule is CC(C)(C)c1[c-]c2c(cc1)-c1ccc(C(C)(C)C)cc1C2.Cc1ccc([C](=[Zr+2])c2ccc(Cl)cc2)cc1.[C-]1=CC=CC1.[Cl-].[Cl-]. The van der Waals surface area contributed by atoms with E-state index in [2.05, 4.69) is 133 Å². The molecule has 0 N–H and O–H groups in total. The van der Waals surface area contributed by atoms with Crippen LogP contribution in [0.4, 0.5) is 0 Å². The Kier molecular flexibility index (Phi) is 14.3. The van der Waals surface area contributed by atoms with Crippen molar-refractivity contribution in [1.82, 2.24) is 0 Å². The van der Waals surface area contributed by atoms with Crippen molar-refractivity contribution in [3.63, 3.8) is 0 Å². The third-order valence-corrected chi connectivity index (χ3v) is 9.19. The third kappa shape index (κ3) is 10.3. The molecule has 0 bridgehead atoms. The zero-order chi connectivity index (χ0) is 30.5. The minimum atomic E-state index is 0. The van der Waals surface area contributed by atoms with Crippen molar-refractivity contribution in [3.05, 3.63) is 153 Å². The van der Waals surface area contributed by atoms with Crippen LogP contribution in [0, 0.1) is 19.1 Å². The first-order chi connectivity index (χ1) is 19.8. The van der Waals surface area contributed by atoms with Crippen LogP contribution in [0.25, 0.3) is 11.1 Å². The van der Waals surface area contributed by atoms with Crippen molar-refractivity contribution < 1.29 is 49.0 Å². The molecule has 44 heavy (non-hydrogen) atoms. The number of halogens is 3. The Balaban J connectivity index is 0.000000260. The van der Waals surface area contributed by atoms with Gasteiger partial charge >= 0.3 is 116 Å². The predicted molar refractivity (Wildman–Crippen MR) is 178 cm³/mol. The second-order valence-corrected chi connectivity index (χ2v) is 14.7. The molecule has 0 aliphatic heterocycles. The largest absolute Gasteiger partial charge is 1.00 e. The van der Waals surface area contributed by atoms with E-state index in [1.807, 2.05) is 24.3 Å². The average molecular weight is 719 g/mol. The third-order valence-electron chi connectivity index (χ3n) is 7.52. The fourth-order valence-corrected chi connectivity index (χ4v) is 5.82. The maximum absolute atomic E-state index is 5.88. The molecule has 0 atom stereocenters. The van der Waals surface area contributed by atoms with Crippen molar-refractivity contribution in [2.24, 2.45) is 0 Å². The van der Waals surface area contributed by atoms with Gasteiger partial charge < -0.3 is 24.8 Å². The zero-order valence-electron chi connectivity index (χ0n) is 26.8. The van der Waals surface area contributed by atoms with Crippen molar-refractivity contribution in [2.75, 3.05) is 0 Å². The molecule has 4 heteroatoms. The molecule has 228 valence electrons. The second kappa shape index (κ2) is 16.5. The molecule has 4 aromatic rings. The van der Waals surface area contributed by atoms with Gasteiger partial charge in [-0.2, -0.15) is 29.8 Å². The Labute approximate surface area is 298 Å². The number of rotatable bonds is 2. The first-order valence-electron chi connectivity index (χ1n) is 14.7. The fraction of sp³-hybridized carbons (Fsp3) is 0.275. The van der Waals surface area contributed by atoms with E-state index in [4.69, 9.17) is 11.6 Å². The van der Waals surface area contributed by atoms with Crippen molar-refractivity contribution in [1.29, 1.82) is 0 Å². The minimum absolute atomic E-state index is 0. The first kappa shape index (κ1) is 38.2. The summed E-state index contributed by atoms with van der Waals surface area (Å²) in [4.78, 5) is 0. The number of benzene rings is 4. The summed E-state index contributed by atoms with van der Waals surface area (Å²) in [5, 5.41) is 0.788. The summed E-state index contributed by atoms with van der Waals surface area (Å²) in [5.74, 6) is 0. The normalized spacial score (nSPS) is 12.4. The van der Waals surface area contributed by atoms with Crippen LogP contribution in [0.1, 0.15) is 86.9 Å². The molecule has 0 heterocycles. The molecule has 2 aliphatic rings. The van der Waals surface area contributed by atoms with Crippen LogP contribution in [-0.4, -0.2) is 3.21 Å². The van der Waals surface area contributed by atoms with Gasteiger partial charge in [-0.15, -0.1) is 17.5 Å². The van der Waals surface area contributed by atoms with Gasteiger partial charge in [-0.1, -0.05) is 65.3 Å². The molecular weight excluding hydrogens is 678 g/mol. The van der Waals surface area contributed by atoms with E-state index >= 15 is 0 Å². The topological polar surface area (TPSA) is 0 Å².